The van der Waals surface area contributed by atoms with Gasteiger partial charge in [0.05, 0.1) is 0 Å². The zero-order valence-electron chi connectivity index (χ0n) is 10.00. The topological polar surface area (TPSA) is 35.2 Å². The smallest absolute Gasteiger partial charge is 0.165 e. The van der Waals surface area contributed by atoms with Crippen LogP contribution < -0.4 is 10.5 Å². The molecule has 100 valence electrons. The van der Waals surface area contributed by atoms with Crippen LogP contribution in [0.4, 0.5) is 8.78 Å². The van der Waals surface area contributed by atoms with E-state index in [1.807, 2.05) is 0 Å². The maximum absolute atomic E-state index is 13.6. The van der Waals surface area contributed by atoms with Crippen molar-refractivity contribution >= 4 is 15.9 Å². The highest BCUT2D eigenvalue weighted by molar-refractivity contribution is 9.10. The quantitative estimate of drug-likeness (QED) is 0.927. The van der Waals surface area contributed by atoms with Gasteiger partial charge in [-0.15, -0.1) is 0 Å². The second-order valence-electron chi connectivity index (χ2n) is 3.96. The molecule has 2 nitrogen and oxygen atoms in total. The van der Waals surface area contributed by atoms with Crippen LogP contribution in [0.2, 0.25) is 0 Å². The van der Waals surface area contributed by atoms with Crippen molar-refractivity contribution < 1.29 is 13.5 Å². The summed E-state index contributed by atoms with van der Waals surface area (Å²) in [5, 5.41) is 0. The summed E-state index contributed by atoms with van der Waals surface area (Å²) < 4.78 is 33.2. The Morgan fingerprint density at radius 3 is 2.53 bits per heavy atom. The van der Waals surface area contributed by atoms with E-state index in [-0.39, 0.29) is 18.9 Å². The summed E-state index contributed by atoms with van der Waals surface area (Å²) in [5.74, 6) is -0.826. The molecule has 0 aliphatic rings. The summed E-state index contributed by atoms with van der Waals surface area (Å²) in [7, 11) is 0. The van der Waals surface area contributed by atoms with E-state index in [2.05, 4.69) is 15.9 Å². The van der Waals surface area contributed by atoms with Gasteiger partial charge in [-0.1, -0.05) is 34.1 Å². The predicted molar refractivity (Wildman–Crippen MR) is 72.7 cm³/mol. The SMILES string of the molecule is NCc1cccc(F)c1OCc1ccc(Br)cc1F. The lowest BCUT2D eigenvalue weighted by Gasteiger charge is -2.11. The lowest BCUT2D eigenvalue weighted by molar-refractivity contribution is 0.281. The summed E-state index contributed by atoms with van der Waals surface area (Å²) in [5.41, 5.74) is 6.42. The van der Waals surface area contributed by atoms with Crippen molar-refractivity contribution in [1.82, 2.24) is 0 Å². The van der Waals surface area contributed by atoms with Crippen molar-refractivity contribution in [1.29, 1.82) is 0 Å². The lowest BCUT2D eigenvalue weighted by Crippen LogP contribution is -2.05. The van der Waals surface area contributed by atoms with E-state index >= 15 is 0 Å². The molecule has 0 atom stereocenters. The Kier molecular flexibility index (Phi) is 4.50. The van der Waals surface area contributed by atoms with Gasteiger partial charge >= 0.3 is 0 Å². The molecule has 2 aromatic rings. The fraction of sp³-hybridized carbons (Fsp3) is 0.143. The highest BCUT2D eigenvalue weighted by Crippen LogP contribution is 2.24. The summed E-state index contributed by atoms with van der Waals surface area (Å²) in [4.78, 5) is 0. The Morgan fingerprint density at radius 2 is 1.84 bits per heavy atom. The molecule has 0 saturated heterocycles. The van der Waals surface area contributed by atoms with Crippen LogP contribution in [0.1, 0.15) is 11.1 Å². The van der Waals surface area contributed by atoms with E-state index in [9.17, 15) is 8.78 Å². The van der Waals surface area contributed by atoms with Crippen LogP contribution in [-0.2, 0) is 13.2 Å². The van der Waals surface area contributed by atoms with Crippen LogP contribution in [0.15, 0.2) is 40.9 Å². The molecule has 0 bridgehead atoms. The minimum absolute atomic E-state index is 0.0486. The first-order valence-corrected chi connectivity index (χ1v) is 6.45. The van der Waals surface area contributed by atoms with Crippen LogP contribution in [0.3, 0.4) is 0 Å². The van der Waals surface area contributed by atoms with Gasteiger partial charge in [0.2, 0.25) is 0 Å². The first kappa shape index (κ1) is 14.0. The highest BCUT2D eigenvalue weighted by Gasteiger charge is 2.10. The molecule has 2 N–H and O–H groups in total. The third-order valence-corrected chi connectivity index (χ3v) is 3.15. The Balaban J connectivity index is 2.19. The van der Waals surface area contributed by atoms with Crippen LogP contribution >= 0.6 is 15.9 Å². The molecule has 0 aliphatic heterocycles. The second kappa shape index (κ2) is 6.12. The zero-order chi connectivity index (χ0) is 13.8. The lowest BCUT2D eigenvalue weighted by atomic mass is 10.2. The largest absolute Gasteiger partial charge is 0.485 e. The molecular formula is C14H12BrF2NO. The fourth-order valence-electron chi connectivity index (χ4n) is 1.66. The zero-order valence-corrected chi connectivity index (χ0v) is 11.6. The van der Waals surface area contributed by atoms with Gasteiger partial charge in [-0.2, -0.15) is 0 Å². The first-order chi connectivity index (χ1) is 9.11. The summed E-state index contributed by atoms with van der Waals surface area (Å²) in [6.07, 6.45) is 0. The van der Waals surface area contributed by atoms with Crippen molar-refractivity contribution in [2.24, 2.45) is 5.73 Å². The van der Waals surface area contributed by atoms with Gasteiger partial charge in [-0.25, -0.2) is 8.78 Å². The third kappa shape index (κ3) is 3.30. The van der Waals surface area contributed by atoms with Crippen LogP contribution in [0.25, 0.3) is 0 Å². The molecule has 0 amide bonds. The maximum Gasteiger partial charge on any atom is 0.165 e. The van der Waals surface area contributed by atoms with Gasteiger partial charge in [0.15, 0.2) is 11.6 Å². The molecule has 2 aromatic carbocycles. The standard InChI is InChI=1S/C14H12BrF2NO/c15-11-5-4-10(13(17)6-11)8-19-14-9(7-18)2-1-3-12(14)16/h1-6H,7-8,18H2. The average Bonchev–Trinajstić information content (AvgIpc) is 2.39. The second-order valence-corrected chi connectivity index (χ2v) is 4.87. The Hall–Kier alpha value is -1.46. The van der Waals surface area contributed by atoms with Crippen molar-refractivity contribution in [3.8, 4) is 5.75 Å². The van der Waals surface area contributed by atoms with E-state index in [1.54, 1.807) is 24.3 Å². The molecule has 0 fully saturated rings. The molecule has 0 radical (unpaired) electrons. The fourth-order valence-corrected chi connectivity index (χ4v) is 2.00. The monoisotopic (exact) mass is 327 g/mol. The number of para-hydroxylation sites is 1. The Labute approximate surface area is 118 Å². The number of hydrogen-bond donors (Lipinski definition) is 1. The molecule has 0 aliphatic carbocycles. The van der Waals surface area contributed by atoms with Crippen molar-refractivity contribution in [3.63, 3.8) is 0 Å². The minimum Gasteiger partial charge on any atom is -0.485 e. The molecule has 0 unspecified atom stereocenters. The van der Waals surface area contributed by atoms with E-state index in [1.165, 1.54) is 12.1 Å². The van der Waals surface area contributed by atoms with Crippen LogP contribution in [0, 0.1) is 11.6 Å². The molecule has 5 heteroatoms. The number of halogens is 3. The minimum atomic E-state index is -0.500. The Bertz CT molecular complexity index is 590. The first-order valence-electron chi connectivity index (χ1n) is 5.66. The van der Waals surface area contributed by atoms with E-state index < -0.39 is 11.6 Å². The average molecular weight is 328 g/mol. The summed E-state index contributed by atoms with van der Waals surface area (Å²) in [6, 6.07) is 9.15. The van der Waals surface area contributed by atoms with Gasteiger partial charge < -0.3 is 10.5 Å². The van der Waals surface area contributed by atoms with Gasteiger partial charge in [0.1, 0.15) is 12.4 Å². The van der Waals surface area contributed by atoms with Crippen molar-refractivity contribution in [2.75, 3.05) is 0 Å². The number of rotatable bonds is 4. The number of hydrogen-bond acceptors (Lipinski definition) is 2. The van der Waals surface area contributed by atoms with Gasteiger partial charge in [-0.05, 0) is 18.2 Å². The molecule has 2 rings (SSSR count). The van der Waals surface area contributed by atoms with Gasteiger partial charge in [0, 0.05) is 22.1 Å². The van der Waals surface area contributed by atoms with E-state index in [0.29, 0.717) is 15.6 Å². The van der Waals surface area contributed by atoms with Crippen molar-refractivity contribution in [3.05, 3.63) is 63.6 Å². The number of nitrogens with two attached hydrogens (primary N) is 1. The van der Waals surface area contributed by atoms with Crippen LogP contribution in [-0.4, -0.2) is 0 Å². The molecule has 0 aromatic heterocycles. The van der Waals surface area contributed by atoms with Gasteiger partial charge in [-0.3, -0.25) is 0 Å². The van der Waals surface area contributed by atoms with E-state index in [4.69, 9.17) is 10.5 Å². The number of benzene rings is 2. The Morgan fingerprint density at radius 1 is 1.05 bits per heavy atom. The highest BCUT2D eigenvalue weighted by atomic mass is 79.9. The third-order valence-electron chi connectivity index (χ3n) is 2.66. The maximum atomic E-state index is 13.6. The molecule has 19 heavy (non-hydrogen) atoms. The van der Waals surface area contributed by atoms with E-state index in [0.717, 1.165) is 0 Å². The summed E-state index contributed by atoms with van der Waals surface area (Å²) >= 11 is 3.17. The molecule has 0 heterocycles. The number of ether oxygens (including phenoxy) is 1. The molecular weight excluding hydrogens is 316 g/mol. The molecule has 0 spiro atoms. The molecule has 0 saturated carbocycles. The summed E-state index contributed by atoms with van der Waals surface area (Å²) in [6.45, 7) is 0.114. The van der Waals surface area contributed by atoms with Crippen molar-refractivity contribution in [2.45, 2.75) is 13.2 Å². The van der Waals surface area contributed by atoms with Crippen LogP contribution in [0.5, 0.6) is 5.75 Å². The normalized spacial score (nSPS) is 10.5. The predicted octanol–water partition coefficient (Wildman–Crippen LogP) is 3.77. The van der Waals surface area contributed by atoms with Gasteiger partial charge in [0.25, 0.3) is 0 Å².